The van der Waals surface area contributed by atoms with Gasteiger partial charge in [-0.2, -0.15) is 0 Å². The van der Waals surface area contributed by atoms with E-state index in [9.17, 15) is 0 Å². The molecule has 0 atom stereocenters. The Kier molecular flexibility index (Phi) is 3.71. The molecule has 4 nitrogen and oxygen atoms in total. The number of hydrogen-bond donors (Lipinski definition) is 1. The first kappa shape index (κ1) is 13.7. The van der Waals surface area contributed by atoms with Gasteiger partial charge in [-0.15, -0.1) is 0 Å². The zero-order valence-electron chi connectivity index (χ0n) is 12.4. The molecule has 2 heterocycles. The summed E-state index contributed by atoms with van der Waals surface area (Å²) in [6, 6.07) is 2.13. The molecule has 0 aliphatic carbocycles. The fourth-order valence-electron chi connectivity index (χ4n) is 2.01. The van der Waals surface area contributed by atoms with Crippen molar-refractivity contribution < 1.29 is 0 Å². The number of aryl methyl sites for hydroxylation is 2. The smallest absolute Gasteiger partial charge is 0.142 e. The molecule has 1 N–H and O–H groups in total. The number of pyridine rings is 1. The van der Waals surface area contributed by atoms with Crippen LogP contribution in [0.25, 0.3) is 5.82 Å². The number of hydrogen-bond acceptors (Lipinski definition) is 3. The number of aromatic nitrogens is 3. The molecule has 0 bridgehead atoms. The average molecular weight is 258 g/mol. The third-order valence-corrected chi connectivity index (χ3v) is 3.00. The van der Waals surface area contributed by atoms with Crippen LogP contribution >= 0.6 is 0 Å². The van der Waals surface area contributed by atoms with Crippen molar-refractivity contribution in [1.82, 2.24) is 19.9 Å². The van der Waals surface area contributed by atoms with Crippen LogP contribution in [0.4, 0.5) is 0 Å². The van der Waals surface area contributed by atoms with Gasteiger partial charge in [-0.3, -0.25) is 4.57 Å². The second kappa shape index (κ2) is 5.13. The van der Waals surface area contributed by atoms with Gasteiger partial charge in [0.1, 0.15) is 12.1 Å². The lowest BCUT2D eigenvalue weighted by molar-refractivity contribution is 0.423. The Morgan fingerprint density at radius 1 is 1.26 bits per heavy atom. The zero-order valence-corrected chi connectivity index (χ0v) is 12.4. The Labute approximate surface area is 114 Å². The van der Waals surface area contributed by atoms with Gasteiger partial charge >= 0.3 is 0 Å². The first-order valence-corrected chi connectivity index (χ1v) is 6.57. The maximum atomic E-state index is 4.66. The van der Waals surface area contributed by atoms with E-state index in [1.54, 1.807) is 12.5 Å². The van der Waals surface area contributed by atoms with Crippen molar-refractivity contribution in [3.63, 3.8) is 0 Å². The summed E-state index contributed by atoms with van der Waals surface area (Å²) in [4.78, 5) is 8.77. The normalized spacial score (nSPS) is 11.8. The first-order chi connectivity index (χ1) is 8.87. The largest absolute Gasteiger partial charge is 0.308 e. The highest BCUT2D eigenvalue weighted by Crippen LogP contribution is 2.18. The van der Waals surface area contributed by atoms with E-state index < -0.39 is 0 Å². The first-order valence-electron chi connectivity index (χ1n) is 6.57. The van der Waals surface area contributed by atoms with Crippen molar-refractivity contribution in [1.29, 1.82) is 0 Å². The van der Waals surface area contributed by atoms with Crippen LogP contribution in [-0.4, -0.2) is 20.1 Å². The summed E-state index contributed by atoms with van der Waals surface area (Å²) < 4.78 is 1.97. The van der Waals surface area contributed by atoms with E-state index in [0.29, 0.717) is 0 Å². The van der Waals surface area contributed by atoms with Crippen LogP contribution in [0.3, 0.4) is 0 Å². The molecule has 0 aliphatic heterocycles. The van der Waals surface area contributed by atoms with E-state index in [-0.39, 0.29) is 5.54 Å². The minimum atomic E-state index is 0.0868. The third kappa shape index (κ3) is 3.41. The molecule has 0 aliphatic rings. The van der Waals surface area contributed by atoms with Gasteiger partial charge in [0, 0.05) is 35.7 Å². The van der Waals surface area contributed by atoms with Gasteiger partial charge in [0.15, 0.2) is 0 Å². The maximum absolute atomic E-state index is 4.66. The van der Waals surface area contributed by atoms with Gasteiger partial charge in [0.05, 0.1) is 0 Å². The zero-order chi connectivity index (χ0) is 14.0. The monoisotopic (exact) mass is 258 g/mol. The molecule has 4 heteroatoms. The molecule has 0 radical (unpaired) electrons. The van der Waals surface area contributed by atoms with Gasteiger partial charge in [-0.25, -0.2) is 9.97 Å². The molecule has 0 amide bonds. The fraction of sp³-hybridized carbons (Fsp3) is 0.467. The Morgan fingerprint density at radius 2 is 2.00 bits per heavy atom. The van der Waals surface area contributed by atoms with Crippen LogP contribution < -0.4 is 5.32 Å². The predicted molar refractivity (Wildman–Crippen MR) is 77.4 cm³/mol. The molecule has 0 aromatic carbocycles. The minimum Gasteiger partial charge on any atom is -0.308 e. The van der Waals surface area contributed by atoms with Crippen LogP contribution in [0, 0.1) is 13.8 Å². The summed E-state index contributed by atoms with van der Waals surface area (Å²) in [6.07, 6.45) is 5.50. The summed E-state index contributed by atoms with van der Waals surface area (Å²) in [5.74, 6) is 0.965. The lowest BCUT2D eigenvalue weighted by Gasteiger charge is -2.22. The van der Waals surface area contributed by atoms with Crippen LogP contribution in [0.15, 0.2) is 24.8 Å². The molecule has 0 saturated carbocycles. The Bertz CT molecular complexity index is 550. The van der Waals surface area contributed by atoms with E-state index in [1.807, 2.05) is 17.7 Å². The van der Waals surface area contributed by atoms with E-state index in [0.717, 1.165) is 18.1 Å². The van der Waals surface area contributed by atoms with Gasteiger partial charge in [0.2, 0.25) is 0 Å². The Hall–Kier alpha value is -1.68. The molecule has 2 rings (SSSR count). The molecule has 0 spiro atoms. The van der Waals surface area contributed by atoms with Crippen molar-refractivity contribution in [2.45, 2.75) is 46.7 Å². The fourth-order valence-corrected chi connectivity index (χ4v) is 2.01. The van der Waals surface area contributed by atoms with E-state index in [4.69, 9.17) is 0 Å². The Morgan fingerprint density at radius 3 is 2.58 bits per heavy atom. The molecule has 0 saturated heterocycles. The summed E-state index contributed by atoms with van der Waals surface area (Å²) in [7, 11) is 0. The lowest BCUT2D eigenvalue weighted by Crippen LogP contribution is -2.35. The topological polar surface area (TPSA) is 42.7 Å². The quantitative estimate of drug-likeness (QED) is 0.920. The molecule has 19 heavy (non-hydrogen) atoms. The molecule has 2 aromatic rings. The minimum absolute atomic E-state index is 0.0868. The number of nitrogens with one attached hydrogen (secondary N) is 1. The van der Waals surface area contributed by atoms with Crippen molar-refractivity contribution in [2.75, 3.05) is 0 Å². The third-order valence-electron chi connectivity index (χ3n) is 3.00. The summed E-state index contributed by atoms with van der Waals surface area (Å²) >= 11 is 0. The second-order valence-corrected chi connectivity index (χ2v) is 5.96. The van der Waals surface area contributed by atoms with Crippen LogP contribution in [0.1, 0.15) is 37.6 Å². The van der Waals surface area contributed by atoms with Crippen molar-refractivity contribution in [2.24, 2.45) is 0 Å². The van der Waals surface area contributed by atoms with Gasteiger partial charge in [-0.05, 0) is 46.2 Å². The van der Waals surface area contributed by atoms with Gasteiger partial charge < -0.3 is 5.32 Å². The average Bonchev–Trinajstić information content (AvgIpc) is 2.78. The number of rotatable bonds is 3. The van der Waals surface area contributed by atoms with Crippen molar-refractivity contribution in [3.05, 3.63) is 41.6 Å². The van der Waals surface area contributed by atoms with E-state index in [2.05, 4.69) is 49.0 Å². The highest BCUT2D eigenvalue weighted by atomic mass is 15.1. The summed E-state index contributed by atoms with van der Waals surface area (Å²) in [5.41, 5.74) is 3.59. The molecule has 0 unspecified atom stereocenters. The van der Waals surface area contributed by atoms with Crippen LogP contribution in [0.5, 0.6) is 0 Å². The highest BCUT2D eigenvalue weighted by Gasteiger charge is 2.14. The summed E-state index contributed by atoms with van der Waals surface area (Å²) in [5, 5.41) is 3.53. The molecular weight excluding hydrogens is 236 g/mol. The maximum Gasteiger partial charge on any atom is 0.142 e. The standard InChI is InChI=1S/C15H22N4/c1-11-8-12(2)18-14(19-7-6-16-10-19)13(11)9-17-15(3,4)5/h6-8,10,17H,9H2,1-5H3. The van der Waals surface area contributed by atoms with Crippen molar-refractivity contribution >= 4 is 0 Å². The Balaban J connectivity index is 2.41. The number of nitrogens with zero attached hydrogens (tertiary/aromatic N) is 3. The van der Waals surface area contributed by atoms with Gasteiger partial charge in [-0.1, -0.05) is 0 Å². The molecule has 2 aromatic heterocycles. The SMILES string of the molecule is Cc1cc(C)c(CNC(C)(C)C)c(-n2ccnc2)n1. The summed E-state index contributed by atoms with van der Waals surface area (Å²) in [6.45, 7) is 11.5. The highest BCUT2D eigenvalue weighted by molar-refractivity contribution is 5.41. The second-order valence-electron chi connectivity index (χ2n) is 5.96. The predicted octanol–water partition coefficient (Wildman–Crippen LogP) is 2.77. The van der Waals surface area contributed by atoms with Crippen LogP contribution in [0.2, 0.25) is 0 Å². The van der Waals surface area contributed by atoms with E-state index in [1.165, 1.54) is 11.1 Å². The molecule has 102 valence electrons. The lowest BCUT2D eigenvalue weighted by atomic mass is 10.1. The number of imidazole rings is 1. The van der Waals surface area contributed by atoms with E-state index >= 15 is 0 Å². The van der Waals surface area contributed by atoms with Crippen LogP contribution in [-0.2, 0) is 6.54 Å². The van der Waals surface area contributed by atoms with Gasteiger partial charge in [0.25, 0.3) is 0 Å². The molecule has 0 fully saturated rings. The molecular formula is C15H22N4. The van der Waals surface area contributed by atoms with Crippen molar-refractivity contribution in [3.8, 4) is 5.82 Å².